The number of amides is 2. The van der Waals surface area contributed by atoms with E-state index in [4.69, 9.17) is 4.42 Å². The molecule has 0 saturated heterocycles. The van der Waals surface area contributed by atoms with Gasteiger partial charge in [0, 0.05) is 19.9 Å². The first-order chi connectivity index (χ1) is 12.1. The van der Waals surface area contributed by atoms with Crippen LogP contribution in [0.15, 0.2) is 51.9 Å². The maximum atomic E-state index is 12.3. The second-order valence-electron chi connectivity index (χ2n) is 5.39. The number of fused-ring (bicyclic) bond motifs is 1. The van der Waals surface area contributed by atoms with Crippen molar-refractivity contribution >= 4 is 22.7 Å². The third-order valence-electron chi connectivity index (χ3n) is 3.71. The zero-order valence-corrected chi connectivity index (χ0v) is 13.5. The number of para-hydroxylation sites is 1. The van der Waals surface area contributed by atoms with Crippen molar-refractivity contribution in [1.82, 2.24) is 20.4 Å². The number of hydrogen-bond donors (Lipinski definition) is 2. The Bertz CT molecular complexity index is 976. The number of hydrazine groups is 1. The minimum atomic E-state index is -0.547. The van der Waals surface area contributed by atoms with Crippen LogP contribution in [0.4, 0.5) is 0 Å². The van der Waals surface area contributed by atoms with E-state index in [-0.39, 0.29) is 24.2 Å². The number of aryl methyl sites for hydroxylation is 1. The molecule has 2 N–H and O–H groups in total. The van der Waals surface area contributed by atoms with Gasteiger partial charge >= 0.3 is 5.91 Å². The van der Waals surface area contributed by atoms with Gasteiger partial charge in [-0.3, -0.25) is 29.8 Å². The van der Waals surface area contributed by atoms with E-state index in [0.29, 0.717) is 16.7 Å². The van der Waals surface area contributed by atoms with Crippen LogP contribution >= 0.6 is 0 Å². The van der Waals surface area contributed by atoms with E-state index in [0.717, 1.165) is 0 Å². The fourth-order valence-corrected chi connectivity index (χ4v) is 2.37. The van der Waals surface area contributed by atoms with E-state index in [1.54, 1.807) is 37.4 Å². The van der Waals surface area contributed by atoms with Crippen LogP contribution < -0.4 is 16.4 Å². The van der Waals surface area contributed by atoms with Gasteiger partial charge in [0.25, 0.3) is 5.56 Å². The van der Waals surface area contributed by atoms with Crippen LogP contribution in [0.5, 0.6) is 0 Å². The number of rotatable bonds is 4. The van der Waals surface area contributed by atoms with E-state index in [2.05, 4.69) is 15.8 Å². The summed E-state index contributed by atoms with van der Waals surface area (Å²) in [6, 6.07) is 10.1. The van der Waals surface area contributed by atoms with Crippen LogP contribution in [0.25, 0.3) is 10.9 Å². The Morgan fingerprint density at radius 1 is 1.16 bits per heavy atom. The van der Waals surface area contributed by atoms with Gasteiger partial charge in [-0.25, -0.2) is 4.98 Å². The zero-order chi connectivity index (χ0) is 17.8. The Morgan fingerprint density at radius 2 is 1.96 bits per heavy atom. The van der Waals surface area contributed by atoms with Gasteiger partial charge in [0.15, 0.2) is 5.76 Å². The third-order valence-corrected chi connectivity index (χ3v) is 3.71. The Morgan fingerprint density at radius 3 is 2.72 bits per heavy atom. The van der Waals surface area contributed by atoms with E-state index in [9.17, 15) is 14.4 Å². The lowest BCUT2D eigenvalue weighted by molar-refractivity contribution is -0.121. The van der Waals surface area contributed by atoms with Gasteiger partial charge in [-0.05, 0) is 24.3 Å². The van der Waals surface area contributed by atoms with E-state index >= 15 is 0 Å². The summed E-state index contributed by atoms with van der Waals surface area (Å²) in [5.41, 5.74) is 4.98. The smallest absolute Gasteiger partial charge is 0.305 e. The molecule has 0 saturated carbocycles. The molecule has 0 aliphatic rings. The van der Waals surface area contributed by atoms with E-state index < -0.39 is 11.8 Å². The van der Waals surface area contributed by atoms with Gasteiger partial charge in [0.05, 0.1) is 17.2 Å². The van der Waals surface area contributed by atoms with Crippen LogP contribution in [-0.4, -0.2) is 21.4 Å². The molecule has 0 spiro atoms. The lowest BCUT2D eigenvalue weighted by atomic mass is 10.2. The molecule has 128 valence electrons. The van der Waals surface area contributed by atoms with Crippen molar-refractivity contribution in [3.8, 4) is 0 Å². The Labute approximate surface area is 142 Å². The van der Waals surface area contributed by atoms with Gasteiger partial charge in [0.2, 0.25) is 5.91 Å². The quantitative estimate of drug-likeness (QED) is 0.687. The SMILES string of the molecule is Cn1c(CCC(=O)NNC(=O)c2ccco2)nc2ccccc2c1=O. The van der Waals surface area contributed by atoms with Crippen LogP contribution in [0.1, 0.15) is 22.8 Å². The number of furan rings is 1. The van der Waals surface area contributed by atoms with Crippen molar-refractivity contribution in [3.05, 3.63) is 64.6 Å². The van der Waals surface area contributed by atoms with Crippen molar-refractivity contribution in [3.63, 3.8) is 0 Å². The molecule has 0 aliphatic carbocycles. The summed E-state index contributed by atoms with van der Waals surface area (Å²) in [5.74, 6) is -0.355. The minimum absolute atomic E-state index is 0.0665. The molecule has 0 unspecified atom stereocenters. The standard InChI is InChI=1S/C17H16N4O4/c1-21-14(18-12-6-3-2-5-11(12)17(21)24)8-9-15(22)19-20-16(23)13-7-4-10-25-13/h2-7,10H,8-9H2,1H3,(H,19,22)(H,20,23). The number of carbonyl (C=O) groups excluding carboxylic acids is 2. The fraction of sp³-hybridized carbons (Fsp3) is 0.176. The van der Waals surface area contributed by atoms with Gasteiger partial charge in [-0.15, -0.1) is 0 Å². The molecular formula is C17H16N4O4. The second kappa shape index (κ2) is 7.00. The first kappa shape index (κ1) is 16.4. The predicted octanol–water partition coefficient (Wildman–Crippen LogP) is 0.920. The monoisotopic (exact) mass is 340 g/mol. The second-order valence-corrected chi connectivity index (χ2v) is 5.39. The molecule has 1 aromatic carbocycles. The molecule has 0 bridgehead atoms. The Hall–Kier alpha value is -3.42. The molecule has 2 amide bonds. The van der Waals surface area contributed by atoms with Crippen molar-refractivity contribution in [2.75, 3.05) is 0 Å². The van der Waals surface area contributed by atoms with Gasteiger partial charge in [0.1, 0.15) is 5.82 Å². The fourth-order valence-electron chi connectivity index (χ4n) is 2.37. The minimum Gasteiger partial charge on any atom is -0.459 e. The predicted molar refractivity (Wildman–Crippen MR) is 89.6 cm³/mol. The highest BCUT2D eigenvalue weighted by atomic mass is 16.3. The van der Waals surface area contributed by atoms with E-state index in [1.807, 2.05) is 0 Å². The van der Waals surface area contributed by atoms with Crippen LogP contribution in [0, 0.1) is 0 Å². The van der Waals surface area contributed by atoms with Gasteiger partial charge in [-0.1, -0.05) is 12.1 Å². The van der Waals surface area contributed by atoms with Crippen molar-refractivity contribution in [2.45, 2.75) is 12.8 Å². The Kier molecular flexibility index (Phi) is 4.60. The van der Waals surface area contributed by atoms with Crippen molar-refractivity contribution in [2.24, 2.45) is 7.05 Å². The molecule has 0 aliphatic heterocycles. The zero-order valence-electron chi connectivity index (χ0n) is 13.5. The van der Waals surface area contributed by atoms with Crippen LogP contribution in [0.2, 0.25) is 0 Å². The summed E-state index contributed by atoms with van der Waals surface area (Å²) in [6.07, 6.45) is 1.69. The summed E-state index contributed by atoms with van der Waals surface area (Å²) in [7, 11) is 1.62. The molecule has 8 nitrogen and oxygen atoms in total. The molecular weight excluding hydrogens is 324 g/mol. The van der Waals surface area contributed by atoms with Gasteiger partial charge < -0.3 is 4.42 Å². The molecule has 0 radical (unpaired) electrons. The third kappa shape index (κ3) is 3.57. The lowest BCUT2D eigenvalue weighted by Gasteiger charge is -2.09. The molecule has 3 rings (SSSR count). The molecule has 8 heteroatoms. The Balaban J connectivity index is 1.62. The normalized spacial score (nSPS) is 10.6. The topological polar surface area (TPSA) is 106 Å². The van der Waals surface area contributed by atoms with Crippen molar-refractivity contribution < 1.29 is 14.0 Å². The highest BCUT2D eigenvalue weighted by molar-refractivity contribution is 5.92. The summed E-state index contributed by atoms with van der Waals surface area (Å²) >= 11 is 0. The number of nitrogens with zero attached hydrogens (tertiary/aromatic N) is 2. The van der Waals surface area contributed by atoms with Crippen molar-refractivity contribution in [1.29, 1.82) is 0 Å². The lowest BCUT2D eigenvalue weighted by Crippen LogP contribution is -2.41. The highest BCUT2D eigenvalue weighted by Crippen LogP contribution is 2.08. The van der Waals surface area contributed by atoms with E-state index in [1.165, 1.54) is 16.9 Å². The van der Waals surface area contributed by atoms with Crippen LogP contribution in [0.3, 0.4) is 0 Å². The maximum absolute atomic E-state index is 12.3. The summed E-state index contributed by atoms with van der Waals surface area (Å²) in [6.45, 7) is 0. The molecule has 3 aromatic rings. The summed E-state index contributed by atoms with van der Waals surface area (Å²) in [4.78, 5) is 40.3. The number of aromatic nitrogens is 2. The number of hydrogen-bond acceptors (Lipinski definition) is 5. The largest absolute Gasteiger partial charge is 0.459 e. The molecule has 2 aromatic heterocycles. The number of benzene rings is 1. The molecule has 2 heterocycles. The summed E-state index contributed by atoms with van der Waals surface area (Å²) < 4.78 is 6.34. The first-order valence-electron chi connectivity index (χ1n) is 7.63. The molecule has 0 fully saturated rings. The average molecular weight is 340 g/mol. The molecule has 0 atom stereocenters. The van der Waals surface area contributed by atoms with Gasteiger partial charge in [-0.2, -0.15) is 0 Å². The summed E-state index contributed by atoms with van der Waals surface area (Å²) in [5, 5.41) is 0.531. The highest BCUT2D eigenvalue weighted by Gasteiger charge is 2.12. The maximum Gasteiger partial charge on any atom is 0.305 e. The number of nitrogens with one attached hydrogen (secondary N) is 2. The average Bonchev–Trinajstić information content (AvgIpc) is 3.16. The number of carbonyl (C=O) groups is 2. The van der Waals surface area contributed by atoms with Crippen LogP contribution in [-0.2, 0) is 18.3 Å². The first-order valence-corrected chi connectivity index (χ1v) is 7.63. The molecule has 25 heavy (non-hydrogen) atoms.